The molecular weight excluding hydrogens is 352 g/mol. The van der Waals surface area contributed by atoms with Crippen molar-refractivity contribution in [1.82, 2.24) is 9.62 Å². The van der Waals surface area contributed by atoms with Crippen LogP contribution < -0.4 is 5.32 Å². The summed E-state index contributed by atoms with van der Waals surface area (Å²) >= 11 is 0. The van der Waals surface area contributed by atoms with Crippen LogP contribution >= 0.6 is 0 Å². The van der Waals surface area contributed by atoms with Gasteiger partial charge in [-0.15, -0.1) is 0 Å². The second-order valence-electron chi connectivity index (χ2n) is 6.13. The number of carbonyl (C=O) groups is 1. The van der Waals surface area contributed by atoms with E-state index in [1.165, 1.54) is 34.1 Å². The normalized spacial score (nSPS) is 14.7. The first-order chi connectivity index (χ1) is 12.5. The molecular formula is C19H22N2O4S. The second kappa shape index (κ2) is 7.99. The highest BCUT2D eigenvalue weighted by atomic mass is 32.2. The van der Waals surface area contributed by atoms with Crippen LogP contribution in [-0.2, 0) is 27.7 Å². The van der Waals surface area contributed by atoms with E-state index in [1.54, 1.807) is 7.11 Å². The number of methoxy groups -OCH3 is 1. The monoisotopic (exact) mass is 374 g/mol. The van der Waals surface area contributed by atoms with Gasteiger partial charge in [-0.05, 0) is 41.8 Å². The molecule has 0 saturated heterocycles. The maximum atomic E-state index is 12.9. The van der Waals surface area contributed by atoms with Gasteiger partial charge in [-0.3, -0.25) is 4.79 Å². The lowest BCUT2D eigenvalue weighted by Gasteiger charge is -2.28. The molecule has 0 bridgehead atoms. The zero-order chi connectivity index (χ0) is 18.6. The molecule has 7 heteroatoms. The molecule has 1 N–H and O–H groups in total. The topological polar surface area (TPSA) is 75.7 Å². The molecule has 0 fully saturated rings. The summed E-state index contributed by atoms with van der Waals surface area (Å²) < 4.78 is 32.2. The number of nitrogens with zero attached hydrogens (tertiary/aromatic N) is 1. The molecule has 2 aromatic carbocycles. The maximum absolute atomic E-state index is 12.9. The van der Waals surface area contributed by atoms with Gasteiger partial charge in [0, 0.05) is 32.3 Å². The third-order valence-corrected chi connectivity index (χ3v) is 6.30. The van der Waals surface area contributed by atoms with Crippen LogP contribution in [0.2, 0.25) is 0 Å². The Kier molecular flexibility index (Phi) is 5.70. The van der Waals surface area contributed by atoms with Gasteiger partial charge < -0.3 is 10.1 Å². The first-order valence-corrected chi connectivity index (χ1v) is 9.90. The zero-order valence-electron chi connectivity index (χ0n) is 14.6. The van der Waals surface area contributed by atoms with Crippen molar-refractivity contribution in [1.29, 1.82) is 0 Å². The fourth-order valence-corrected chi connectivity index (χ4v) is 4.39. The number of fused-ring (bicyclic) bond motifs is 1. The molecule has 1 amide bonds. The number of hydrogen-bond acceptors (Lipinski definition) is 4. The Morgan fingerprint density at radius 3 is 2.50 bits per heavy atom. The second-order valence-corrected chi connectivity index (χ2v) is 8.07. The van der Waals surface area contributed by atoms with Crippen LogP contribution in [0.3, 0.4) is 0 Å². The van der Waals surface area contributed by atoms with Crippen molar-refractivity contribution in [3.63, 3.8) is 0 Å². The highest BCUT2D eigenvalue weighted by Gasteiger charge is 2.28. The molecule has 26 heavy (non-hydrogen) atoms. The number of carbonyl (C=O) groups excluding carboxylic acids is 1. The van der Waals surface area contributed by atoms with E-state index in [4.69, 9.17) is 4.74 Å². The maximum Gasteiger partial charge on any atom is 0.251 e. The lowest BCUT2D eigenvalue weighted by Crippen LogP contribution is -2.36. The molecule has 0 saturated carbocycles. The largest absolute Gasteiger partial charge is 0.383 e. The van der Waals surface area contributed by atoms with Gasteiger partial charge in [0.05, 0.1) is 11.5 Å². The number of rotatable bonds is 6. The van der Waals surface area contributed by atoms with Crippen LogP contribution in [-0.4, -0.2) is 45.4 Å². The summed E-state index contributed by atoms with van der Waals surface area (Å²) in [5.41, 5.74) is 2.66. The molecule has 0 aromatic heterocycles. The summed E-state index contributed by atoms with van der Waals surface area (Å²) in [6, 6.07) is 13.9. The van der Waals surface area contributed by atoms with Crippen LogP contribution in [0.5, 0.6) is 0 Å². The van der Waals surface area contributed by atoms with Crippen molar-refractivity contribution in [2.45, 2.75) is 17.9 Å². The van der Waals surface area contributed by atoms with Crippen LogP contribution in [0, 0.1) is 0 Å². The predicted octanol–water partition coefficient (Wildman–Crippen LogP) is 1.81. The number of ether oxygens (including phenoxy) is 1. The Balaban J connectivity index is 1.73. The van der Waals surface area contributed by atoms with Gasteiger partial charge in [0.1, 0.15) is 0 Å². The summed E-state index contributed by atoms with van der Waals surface area (Å²) in [6.45, 7) is 1.66. The van der Waals surface area contributed by atoms with Gasteiger partial charge in [-0.2, -0.15) is 4.31 Å². The smallest absolute Gasteiger partial charge is 0.251 e. The Labute approximate surface area is 153 Å². The summed E-state index contributed by atoms with van der Waals surface area (Å²) in [7, 11) is -2.03. The van der Waals surface area contributed by atoms with E-state index in [9.17, 15) is 13.2 Å². The Hall–Kier alpha value is -2.22. The summed E-state index contributed by atoms with van der Waals surface area (Å²) in [6.07, 6.45) is 0.704. The van der Waals surface area contributed by atoms with Crippen LogP contribution in [0.25, 0.3) is 0 Å². The van der Waals surface area contributed by atoms with E-state index in [1.807, 2.05) is 24.3 Å². The minimum Gasteiger partial charge on any atom is -0.383 e. The molecule has 1 aliphatic heterocycles. The van der Waals surface area contributed by atoms with Gasteiger partial charge in [0.2, 0.25) is 10.0 Å². The lowest BCUT2D eigenvalue weighted by atomic mass is 10.0. The van der Waals surface area contributed by atoms with Crippen molar-refractivity contribution in [3.8, 4) is 0 Å². The average Bonchev–Trinajstić information content (AvgIpc) is 2.67. The standard InChI is InChI=1S/C19H22N2O4S/c1-25-13-11-20-19(22)16-6-8-18(9-7-16)26(23,24)21-12-10-15-4-2-3-5-17(15)14-21/h2-9H,10-14H2,1H3,(H,20,22). The Morgan fingerprint density at radius 1 is 1.12 bits per heavy atom. The predicted molar refractivity (Wildman–Crippen MR) is 98.4 cm³/mol. The third-order valence-electron chi connectivity index (χ3n) is 4.44. The Morgan fingerprint density at radius 2 is 1.81 bits per heavy atom. The van der Waals surface area contributed by atoms with Gasteiger partial charge in [0.25, 0.3) is 5.91 Å². The molecule has 0 aliphatic carbocycles. The van der Waals surface area contributed by atoms with Crippen LogP contribution in [0.15, 0.2) is 53.4 Å². The van der Waals surface area contributed by atoms with E-state index < -0.39 is 10.0 Å². The average molecular weight is 374 g/mol. The summed E-state index contributed by atoms with van der Waals surface area (Å²) in [4.78, 5) is 12.2. The fraction of sp³-hybridized carbons (Fsp3) is 0.316. The molecule has 1 heterocycles. The molecule has 138 valence electrons. The molecule has 3 rings (SSSR count). The Bertz CT molecular complexity index is 879. The highest BCUT2D eigenvalue weighted by Crippen LogP contribution is 2.25. The van der Waals surface area contributed by atoms with Gasteiger partial charge in [0.15, 0.2) is 0 Å². The van der Waals surface area contributed by atoms with E-state index >= 15 is 0 Å². The first kappa shape index (κ1) is 18.6. The van der Waals surface area contributed by atoms with Crippen molar-refractivity contribution < 1.29 is 17.9 Å². The van der Waals surface area contributed by atoms with Gasteiger partial charge >= 0.3 is 0 Å². The van der Waals surface area contributed by atoms with Crippen molar-refractivity contribution in [3.05, 3.63) is 65.2 Å². The van der Waals surface area contributed by atoms with Crippen molar-refractivity contribution >= 4 is 15.9 Å². The SMILES string of the molecule is COCCNC(=O)c1ccc(S(=O)(=O)N2CCc3ccccc3C2)cc1. The third kappa shape index (κ3) is 3.95. The van der Waals surface area contributed by atoms with E-state index in [0.29, 0.717) is 38.2 Å². The molecule has 6 nitrogen and oxygen atoms in total. The van der Waals surface area contributed by atoms with Crippen LogP contribution in [0.1, 0.15) is 21.5 Å². The highest BCUT2D eigenvalue weighted by molar-refractivity contribution is 7.89. The number of nitrogens with one attached hydrogen (secondary N) is 1. The molecule has 0 spiro atoms. The molecule has 2 aromatic rings. The minimum atomic E-state index is -3.59. The zero-order valence-corrected chi connectivity index (χ0v) is 15.5. The molecule has 0 radical (unpaired) electrons. The van der Waals surface area contributed by atoms with E-state index in [-0.39, 0.29) is 10.8 Å². The number of hydrogen-bond donors (Lipinski definition) is 1. The first-order valence-electron chi connectivity index (χ1n) is 8.46. The van der Waals surface area contributed by atoms with E-state index in [0.717, 1.165) is 5.56 Å². The number of sulfonamides is 1. The summed E-state index contributed by atoms with van der Waals surface area (Å²) in [5, 5.41) is 2.71. The van der Waals surface area contributed by atoms with Crippen molar-refractivity contribution in [2.75, 3.05) is 26.8 Å². The number of benzene rings is 2. The number of amides is 1. The lowest BCUT2D eigenvalue weighted by molar-refractivity contribution is 0.0937. The van der Waals surface area contributed by atoms with Crippen LogP contribution in [0.4, 0.5) is 0 Å². The minimum absolute atomic E-state index is 0.199. The van der Waals surface area contributed by atoms with Crippen molar-refractivity contribution in [2.24, 2.45) is 0 Å². The van der Waals surface area contributed by atoms with Gasteiger partial charge in [-0.25, -0.2) is 8.42 Å². The quantitative estimate of drug-likeness (QED) is 0.783. The summed E-state index contributed by atoms with van der Waals surface area (Å²) in [5.74, 6) is -0.252. The molecule has 0 unspecified atom stereocenters. The van der Waals surface area contributed by atoms with E-state index in [2.05, 4.69) is 5.32 Å². The fourth-order valence-electron chi connectivity index (χ4n) is 2.97. The van der Waals surface area contributed by atoms with Gasteiger partial charge in [-0.1, -0.05) is 24.3 Å². The molecule has 1 aliphatic rings. The molecule has 0 atom stereocenters.